The van der Waals surface area contributed by atoms with Gasteiger partial charge in [0.15, 0.2) is 11.5 Å². The summed E-state index contributed by atoms with van der Waals surface area (Å²) >= 11 is 0. The lowest BCUT2D eigenvalue weighted by Crippen LogP contribution is -2.39. The van der Waals surface area contributed by atoms with E-state index in [1.165, 1.54) is 18.5 Å². The summed E-state index contributed by atoms with van der Waals surface area (Å²) in [6.07, 6.45) is 2.77. The van der Waals surface area contributed by atoms with Gasteiger partial charge in [0.05, 0.1) is 17.1 Å². The molecule has 1 aliphatic carbocycles. The highest BCUT2D eigenvalue weighted by Gasteiger charge is 2.41. The van der Waals surface area contributed by atoms with Crippen LogP contribution in [0.5, 0.6) is 0 Å². The highest BCUT2D eigenvalue weighted by molar-refractivity contribution is 7.90. The van der Waals surface area contributed by atoms with Crippen molar-refractivity contribution in [1.82, 2.24) is 18.9 Å². The summed E-state index contributed by atoms with van der Waals surface area (Å²) in [4.78, 5) is 16.0. The Labute approximate surface area is 189 Å². The zero-order valence-electron chi connectivity index (χ0n) is 17.9. The van der Waals surface area contributed by atoms with Gasteiger partial charge in [-0.2, -0.15) is 18.3 Å². The number of aliphatic carboxylic acids is 1. The first-order valence-electron chi connectivity index (χ1n) is 11.0. The van der Waals surface area contributed by atoms with Crippen LogP contribution in [0.3, 0.4) is 0 Å². The van der Waals surface area contributed by atoms with Crippen LogP contribution in [-0.2, 0) is 14.8 Å². The molecule has 1 N–H and O–H groups in total. The molecule has 2 aliphatic heterocycles. The molecule has 0 unspecified atom stereocenters. The first-order valence-corrected chi connectivity index (χ1v) is 12.5. The molecule has 33 heavy (non-hydrogen) atoms. The van der Waals surface area contributed by atoms with E-state index in [-0.39, 0.29) is 11.2 Å². The molecule has 13 heteroatoms. The Morgan fingerprint density at radius 2 is 1.64 bits per heavy atom. The van der Waals surface area contributed by atoms with Gasteiger partial charge in [-0.15, -0.1) is 0 Å². The maximum absolute atomic E-state index is 12.4. The number of nitrogens with zero attached hydrogens (tertiary/aromatic N) is 5. The van der Waals surface area contributed by atoms with Crippen LogP contribution in [0.15, 0.2) is 18.3 Å². The lowest BCUT2D eigenvalue weighted by Gasteiger charge is -2.29. The highest BCUT2D eigenvalue weighted by Crippen LogP contribution is 2.35. The number of fused-ring (bicyclic) bond motifs is 1. The van der Waals surface area contributed by atoms with E-state index in [2.05, 4.69) is 17.2 Å². The summed E-state index contributed by atoms with van der Waals surface area (Å²) in [5.74, 6) is -1.66. The van der Waals surface area contributed by atoms with Crippen molar-refractivity contribution < 1.29 is 31.5 Å². The van der Waals surface area contributed by atoms with E-state index in [0.717, 1.165) is 50.2 Å². The minimum atomic E-state index is -5.08. The summed E-state index contributed by atoms with van der Waals surface area (Å²) in [5, 5.41) is 11.7. The molecule has 0 aromatic carbocycles. The van der Waals surface area contributed by atoms with Crippen LogP contribution >= 0.6 is 0 Å². The van der Waals surface area contributed by atoms with Gasteiger partial charge >= 0.3 is 12.1 Å². The standard InChI is InChI=1S/C18H25N5O2S.C2HF3O2/c24-26(25,16-4-5-16)22-11-7-14(8-12-22)18-19-17-6-3-15(13-23(17)20-18)21-9-1-2-10-21;3-2(4,5)1(6)7/h3,6,13-14,16H,1-2,4-5,7-12H2;(H,6,7). The van der Waals surface area contributed by atoms with E-state index in [9.17, 15) is 21.6 Å². The average molecular weight is 490 g/mol. The number of aromatic nitrogens is 3. The number of hydrogen-bond donors (Lipinski definition) is 1. The summed E-state index contributed by atoms with van der Waals surface area (Å²) < 4.78 is 60.1. The van der Waals surface area contributed by atoms with Gasteiger partial charge < -0.3 is 10.0 Å². The summed E-state index contributed by atoms with van der Waals surface area (Å²) in [5.41, 5.74) is 2.08. The van der Waals surface area contributed by atoms with Gasteiger partial charge in [-0.25, -0.2) is 27.0 Å². The number of piperidine rings is 1. The monoisotopic (exact) mass is 489 g/mol. The van der Waals surface area contributed by atoms with E-state index < -0.39 is 22.2 Å². The third kappa shape index (κ3) is 5.40. The van der Waals surface area contributed by atoms with Gasteiger partial charge in [0.25, 0.3) is 0 Å². The number of anilines is 1. The predicted molar refractivity (Wildman–Crippen MR) is 114 cm³/mol. The normalized spacial score (nSPS) is 20.6. The van der Waals surface area contributed by atoms with Gasteiger partial charge in [-0.05, 0) is 50.7 Å². The van der Waals surface area contributed by atoms with Crippen molar-refractivity contribution in [2.24, 2.45) is 0 Å². The van der Waals surface area contributed by atoms with Crippen molar-refractivity contribution in [2.45, 2.75) is 55.9 Å². The molecule has 2 aromatic rings. The van der Waals surface area contributed by atoms with Crippen molar-refractivity contribution >= 4 is 27.3 Å². The molecule has 9 nitrogen and oxygen atoms in total. The molecular formula is C20H26F3N5O4S. The van der Waals surface area contributed by atoms with Gasteiger partial charge in [-0.1, -0.05) is 0 Å². The fraction of sp³-hybridized carbons (Fsp3) is 0.650. The lowest BCUT2D eigenvalue weighted by atomic mass is 9.98. The van der Waals surface area contributed by atoms with Gasteiger partial charge in [0.2, 0.25) is 10.0 Å². The van der Waals surface area contributed by atoms with Crippen LogP contribution in [0.1, 0.15) is 50.3 Å². The molecular weight excluding hydrogens is 463 g/mol. The van der Waals surface area contributed by atoms with Crippen LogP contribution < -0.4 is 4.90 Å². The molecule has 2 saturated heterocycles. The fourth-order valence-electron chi connectivity index (χ4n) is 4.17. The Morgan fingerprint density at radius 1 is 1.03 bits per heavy atom. The zero-order valence-corrected chi connectivity index (χ0v) is 18.7. The minimum absolute atomic E-state index is 0.114. The Kier molecular flexibility index (Phi) is 6.54. The molecule has 0 bridgehead atoms. The third-order valence-electron chi connectivity index (χ3n) is 6.17. The number of carboxylic acid groups (broad SMARTS) is 1. The van der Waals surface area contributed by atoms with Crippen LogP contribution in [0.4, 0.5) is 18.9 Å². The van der Waals surface area contributed by atoms with Gasteiger partial charge in [0.1, 0.15) is 0 Å². The first-order chi connectivity index (χ1) is 15.6. The number of sulfonamides is 1. The second kappa shape index (κ2) is 9.09. The topological polar surface area (TPSA) is 108 Å². The summed E-state index contributed by atoms with van der Waals surface area (Å²) in [7, 11) is -3.05. The van der Waals surface area contributed by atoms with Crippen molar-refractivity contribution in [3.8, 4) is 0 Å². The largest absolute Gasteiger partial charge is 0.490 e. The smallest absolute Gasteiger partial charge is 0.475 e. The van der Waals surface area contributed by atoms with Crippen molar-refractivity contribution in [2.75, 3.05) is 31.1 Å². The molecule has 3 fully saturated rings. The molecule has 182 valence electrons. The second-order valence-corrected chi connectivity index (χ2v) is 10.8. The minimum Gasteiger partial charge on any atom is -0.475 e. The van der Waals surface area contributed by atoms with Crippen LogP contribution in [0.2, 0.25) is 0 Å². The number of alkyl halides is 3. The molecule has 3 aliphatic rings. The van der Waals surface area contributed by atoms with E-state index >= 15 is 0 Å². The maximum Gasteiger partial charge on any atom is 0.490 e. The number of carbonyl (C=O) groups is 1. The molecule has 2 aromatic heterocycles. The Balaban J connectivity index is 0.000000325. The maximum atomic E-state index is 12.4. The van der Waals surface area contributed by atoms with Crippen molar-refractivity contribution in [1.29, 1.82) is 0 Å². The SMILES string of the molecule is O=C(O)C(F)(F)F.O=S(=O)(C1CC1)N1CCC(c2nc3ccc(N4CCCC4)cn3n2)CC1. The van der Waals surface area contributed by atoms with E-state index in [1.54, 1.807) is 4.31 Å². The van der Waals surface area contributed by atoms with E-state index in [1.807, 2.05) is 10.6 Å². The van der Waals surface area contributed by atoms with Crippen LogP contribution in [0, 0.1) is 0 Å². The molecule has 0 atom stereocenters. The van der Waals surface area contributed by atoms with E-state index in [4.69, 9.17) is 20.0 Å². The summed E-state index contributed by atoms with van der Waals surface area (Å²) in [6.45, 7) is 3.41. The zero-order chi connectivity index (χ0) is 23.8. The Hall–Kier alpha value is -2.41. The van der Waals surface area contributed by atoms with Crippen molar-refractivity contribution in [3.63, 3.8) is 0 Å². The van der Waals surface area contributed by atoms with Gasteiger partial charge in [-0.3, -0.25) is 0 Å². The summed E-state index contributed by atoms with van der Waals surface area (Å²) in [6, 6.07) is 4.17. The first kappa shape index (κ1) is 23.7. The fourth-order valence-corrected chi connectivity index (χ4v) is 6.04. The van der Waals surface area contributed by atoms with Gasteiger partial charge in [0, 0.05) is 32.1 Å². The molecule has 0 amide bonds. The molecule has 0 spiro atoms. The Bertz CT molecular complexity index is 1100. The number of halogens is 3. The van der Waals surface area contributed by atoms with Crippen LogP contribution in [-0.4, -0.2) is 76.0 Å². The van der Waals surface area contributed by atoms with E-state index in [0.29, 0.717) is 13.1 Å². The quantitative estimate of drug-likeness (QED) is 0.703. The number of pyridine rings is 1. The number of hydrogen-bond acceptors (Lipinski definition) is 6. The van der Waals surface area contributed by atoms with Crippen molar-refractivity contribution in [3.05, 3.63) is 24.2 Å². The molecule has 0 radical (unpaired) electrons. The molecule has 1 saturated carbocycles. The molecule has 4 heterocycles. The Morgan fingerprint density at radius 3 is 2.18 bits per heavy atom. The second-order valence-electron chi connectivity index (χ2n) is 8.57. The number of rotatable bonds is 4. The molecule has 5 rings (SSSR count). The highest BCUT2D eigenvalue weighted by atomic mass is 32.2. The van der Waals surface area contributed by atoms with Crippen LogP contribution in [0.25, 0.3) is 5.65 Å². The lowest BCUT2D eigenvalue weighted by molar-refractivity contribution is -0.192. The third-order valence-corrected chi connectivity index (χ3v) is 8.57. The number of carboxylic acids is 1. The average Bonchev–Trinajstić information content (AvgIpc) is 3.33. The predicted octanol–water partition coefficient (Wildman–Crippen LogP) is 2.63.